The highest BCUT2D eigenvalue weighted by molar-refractivity contribution is 7.98. The van der Waals surface area contributed by atoms with Crippen molar-refractivity contribution < 1.29 is 9.21 Å². The molecule has 5 heteroatoms. The molecule has 4 rings (SSSR count). The highest BCUT2D eigenvalue weighted by atomic mass is 32.2. The lowest BCUT2D eigenvalue weighted by Crippen LogP contribution is -2.39. The van der Waals surface area contributed by atoms with Gasteiger partial charge in [0.15, 0.2) is 5.58 Å². The summed E-state index contributed by atoms with van der Waals surface area (Å²) in [4.78, 5) is 19.5. The number of thioether (sulfide) groups is 1. The van der Waals surface area contributed by atoms with Crippen LogP contribution in [0.2, 0.25) is 0 Å². The van der Waals surface area contributed by atoms with Gasteiger partial charge in [0.05, 0.1) is 0 Å². The fourth-order valence-corrected chi connectivity index (χ4v) is 4.29. The first-order valence-corrected chi connectivity index (χ1v) is 10.0. The topological polar surface area (TPSA) is 46.3 Å². The van der Waals surface area contributed by atoms with E-state index in [0.29, 0.717) is 16.9 Å². The minimum absolute atomic E-state index is 0.144. The molecule has 1 amide bonds. The average molecular weight is 366 g/mol. The van der Waals surface area contributed by atoms with Crippen molar-refractivity contribution >= 4 is 28.8 Å². The van der Waals surface area contributed by atoms with E-state index in [1.54, 1.807) is 0 Å². The van der Waals surface area contributed by atoms with Crippen molar-refractivity contribution in [3.8, 4) is 0 Å². The Hall–Kier alpha value is -2.27. The molecule has 1 aliphatic heterocycles. The summed E-state index contributed by atoms with van der Waals surface area (Å²) in [6.45, 7) is 3.93. The van der Waals surface area contributed by atoms with E-state index in [9.17, 15) is 4.79 Å². The summed E-state index contributed by atoms with van der Waals surface area (Å²) in [5.74, 6) is 1.39. The van der Waals surface area contributed by atoms with Crippen LogP contribution in [0.15, 0.2) is 58.2 Å². The van der Waals surface area contributed by atoms with Crippen LogP contribution in [0, 0.1) is 5.92 Å². The zero-order valence-electron chi connectivity index (χ0n) is 14.9. The van der Waals surface area contributed by atoms with Gasteiger partial charge in [-0.05, 0) is 42.5 Å². The zero-order valence-corrected chi connectivity index (χ0v) is 15.7. The third-order valence-corrected chi connectivity index (χ3v) is 5.69. The second-order valence-electron chi connectivity index (χ2n) is 6.89. The van der Waals surface area contributed by atoms with Gasteiger partial charge in [-0.1, -0.05) is 49.0 Å². The van der Waals surface area contributed by atoms with E-state index in [1.807, 2.05) is 53.4 Å². The van der Waals surface area contributed by atoms with Crippen molar-refractivity contribution in [1.29, 1.82) is 0 Å². The molecule has 0 spiro atoms. The van der Waals surface area contributed by atoms with Crippen LogP contribution < -0.4 is 0 Å². The van der Waals surface area contributed by atoms with Crippen molar-refractivity contribution in [1.82, 2.24) is 9.88 Å². The van der Waals surface area contributed by atoms with Crippen LogP contribution >= 0.6 is 11.8 Å². The minimum atomic E-state index is 0.144. The summed E-state index contributed by atoms with van der Waals surface area (Å²) < 4.78 is 5.78. The number of nitrogens with zero attached hydrogens (tertiary/aromatic N) is 2. The third-order valence-electron chi connectivity index (χ3n) is 4.82. The molecule has 2 heterocycles. The summed E-state index contributed by atoms with van der Waals surface area (Å²) in [5, 5.41) is 0.639. The van der Waals surface area contributed by atoms with Gasteiger partial charge in [0.1, 0.15) is 5.52 Å². The van der Waals surface area contributed by atoms with E-state index in [4.69, 9.17) is 4.42 Å². The van der Waals surface area contributed by atoms with Crippen LogP contribution in [-0.2, 0) is 5.75 Å². The number of rotatable bonds is 4. The van der Waals surface area contributed by atoms with Crippen LogP contribution in [0.25, 0.3) is 11.1 Å². The molecule has 4 nitrogen and oxygen atoms in total. The second-order valence-corrected chi connectivity index (χ2v) is 7.82. The SMILES string of the molecule is C[C@H]1CCCN(C(=O)c2ccccc2CSc2nc3ccccc3o2)C1. The van der Waals surface area contributed by atoms with Gasteiger partial charge in [-0.3, -0.25) is 4.79 Å². The summed E-state index contributed by atoms with van der Waals surface area (Å²) in [6, 6.07) is 15.6. The molecule has 1 aromatic heterocycles. The number of hydrogen-bond acceptors (Lipinski definition) is 4. The average Bonchev–Trinajstić information content (AvgIpc) is 3.09. The number of fused-ring (bicyclic) bond motifs is 1. The second kappa shape index (κ2) is 7.54. The molecule has 1 fully saturated rings. The van der Waals surface area contributed by atoms with E-state index in [0.717, 1.165) is 41.7 Å². The molecule has 26 heavy (non-hydrogen) atoms. The predicted octanol–water partition coefficient (Wildman–Crippen LogP) is 4.99. The maximum Gasteiger partial charge on any atom is 0.257 e. The van der Waals surface area contributed by atoms with Gasteiger partial charge >= 0.3 is 0 Å². The Balaban J connectivity index is 1.51. The number of likely N-dealkylation sites (tertiary alicyclic amines) is 1. The first kappa shape index (κ1) is 17.2. The van der Waals surface area contributed by atoms with Crippen LogP contribution in [0.3, 0.4) is 0 Å². The molecule has 2 aromatic carbocycles. The number of aromatic nitrogens is 1. The summed E-state index contributed by atoms with van der Waals surface area (Å²) in [6.07, 6.45) is 2.30. The van der Waals surface area contributed by atoms with Gasteiger partial charge in [-0.25, -0.2) is 4.98 Å². The quantitative estimate of drug-likeness (QED) is 0.610. The number of benzene rings is 2. The Bertz CT molecular complexity index is 888. The minimum Gasteiger partial charge on any atom is -0.431 e. The highest BCUT2D eigenvalue weighted by Gasteiger charge is 2.23. The van der Waals surface area contributed by atoms with E-state index in [-0.39, 0.29) is 5.91 Å². The van der Waals surface area contributed by atoms with Crippen molar-refractivity contribution in [2.75, 3.05) is 13.1 Å². The Labute approximate surface area is 157 Å². The number of para-hydroxylation sites is 2. The van der Waals surface area contributed by atoms with Crippen molar-refractivity contribution in [2.24, 2.45) is 5.92 Å². The van der Waals surface area contributed by atoms with Crippen molar-refractivity contribution in [3.05, 3.63) is 59.7 Å². The van der Waals surface area contributed by atoms with E-state index in [1.165, 1.54) is 18.2 Å². The molecule has 0 saturated carbocycles. The first-order valence-electron chi connectivity index (χ1n) is 9.06. The van der Waals surface area contributed by atoms with Crippen LogP contribution in [0.4, 0.5) is 0 Å². The fourth-order valence-electron chi connectivity index (χ4n) is 3.45. The standard InChI is InChI=1S/C21H22N2O2S/c1-15-7-6-12-23(13-15)20(24)17-9-3-2-8-16(17)14-26-21-22-18-10-4-5-11-19(18)25-21/h2-5,8-11,15H,6-7,12-14H2,1H3/t15-/m0/s1. The van der Waals surface area contributed by atoms with Gasteiger partial charge < -0.3 is 9.32 Å². The van der Waals surface area contributed by atoms with Crippen molar-refractivity contribution in [2.45, 2.75) is 30.7 Å². The van der Waals surface area contributed by atoms with E-state index < -0.39 is 0 Å². The molecule has 0 bridgehead atoms. The molecule has 1 aliphatic rings. The number of carbonyl (C=O) groups is 1. The number of oxazole rings is 1. The molecular formula is C21H22N2O2S. The largest absolute Gasteiger partial charge is 0.431 e. The normalized spacial score (nSPS) is 17.6. The van der Waals surface area contributed by atoms with E-state index in [2.05, 4.69) is 11.9 Å². The number of hydrogen-bond donors (Lipinski definition) is 0. The van der Waals surface area contributed by atoms with Gasteiger partial charge in [0, 0.05) is 24.4 Å². The molecular weight excluding hydrogens is 344 g/mol. The monoisotopic (exact) mass is 366 g/mol. The lowest BCUT2D eigenvalue weighted by Gasteiger charge is -2.31. The predicted molar refractivity (Wildman–Crippen MR) is 104 cm³/mol. The zero-order chi connectivity index (χ0) is 17.9. The van der Waals surface area contributed by atoms with Gasteiger partial charge in [0.25, 0.3) is 11.1 Å². The molecule has 1 atom stereocenters. The Morgan fingerprint density at radius 1 is 1.23 bits per heavy atom. The molecule has 0 unspecified atom stereocenters. The third kappa shape index (κ3) is 3.63. The number of piperidine rings is 1. The fraction of sp³-hybridized carbons (Fsp3) is 0.333. The molecule has 134 valence electrons. The number of amides is 1. The maximum absolute atomic E-state index is 13.0. The van der Waals surface area contributed by atoms with Crippen molar-refractivity contribution in [3.63, 3.8) is 0 Å². The molecule has 0 aliphatic carbocycles. The maximum atomic E-state index is 13.0. The lowest BCUT2D eigenvalue weighted by atomic mass is 9.99. The Kier molecular flexibility index (Phi) is 4.98. The Morgan fingerprint density at radius 3 is 2.88 bits per heavy atom. The molecule has 3 aromatic rings. The van der Waals surface area contributed by atoms with E-state index >= 15 is 0 Å². The number of carbonyl (C=O) groups excluding carboxylic acids is 1. The van der Waals surface area contributed by atoms with Crippen LogP contribution in [-0.4, -0.2) is 28.9 Å². The van der Waals surface area contributed by atoms with Gasteiger partial charge in [-0.2, -0.15) is 0 Å². The summed E-state index contributed by atoms with van der Waals surface area (Å²) in [5.41, 5.74) is 3.48. The summed E-state index contributed by atoms with van der Waals surface area (Å²) in [7, 11) is 0. The smallest absolute Gasteiger partial charge is 0.257 e. The van der Waals surface area contributed by atoms with Crippen LogP contribution in [0.1, 0.15) is 35.7 Å². The van der Waals surface area contributed by atoms with Gasteiger partial charge in [-0.15, -0.1) is 0 Å². The first-order chi connectivity index (χ1) is 12.7. The molecule has 0 radical (unpaired) electrons. The summed E-state index contributed by atoms with van der Waals surface area (Å²) >= 11 is 1.53. The Morgan fingerprint density at radius 2 is 2.04 bits per heavy atom. The van der Waals surface area contributed by atoms with Gasteiger partial charge in [0.2, 0.25) is 0 Å². The highest BCUT2D eigenvalue weighted by Crippen LogP contribution is 2.28. The molecule has 0 N–H and O–H groups in total. The lowest BCUT2D eigenvalue weighted by molar-refractivity contribution is 0.0682. The van der Waals surface area contributed by atoms with Crippen LogP contribution in [0.5, 0.6) is 0 Å². The molecule has 1 saturated heterocycles.